The summed E-state index contributed by atoms with van der Waals surface area (Å²) in [6, 6.07) is 25.0. The van der Waals surface area contributed by atoms with E-state index in [0.717, 1.165) is 122 Å². The third kappa shape index (κ3) is 13.0. The molecule has 6 aliphatic rings. The first-order chi connectivity index (χ1) is 46.2. The number of nitriles is 2. The van der Waals surface area contributed by atoms with Crippen LogP contribution < -0.4 is 14.5 Å². The highest BCUT2D eigenvalue weighted by Gasteiger charge is 2.44. The molecule has 2 aromatic heterocycles. The first-order valence-corrected chi connectivity index (χ1v) is 35.2. The summed E-state index contributed by atoms with van der Waals surface area (Å²) in [6.07, 6.45) is 9.40. The molecule has 508 valence electrons. The van der Waals surface area contributed by atoms with Crippen LogP contribution >= 0.6 is 0 Å². The van der Waals surface area contributed by atoms with Crippen molar-refractivity contribution in [2.75, 3.05) is 36.6 Å². The Morgan fingerprint density at radius 3 is 1.60 bits per heavy atom. The molecule has 2 fully saturated rings. The van der Waals surface area contributed by atoms with Crippen molar-refractivity contribution in [3.05, 3.63) is 122 Å². The van der Waals surface area contributed by atoms with Gasteiger partial charge in [-0.3, -0.25) is 4.79 Å². The number of anilines is 2. The molecule has 6 aromatic rings. The van der Waals surface area contributed by atoms with E-state index in [0.29, 0.717) is 69.4 Å². The third-order valence-electron chi connectivity index (χ3n) is 21.9. The van der Waals surface area contributed by atoms with Crippen LogP contribution in [0.2, 0.25) is 0 Å². The van der Waals surface area contributed by atoms with Crippen LogP contribution in [0.4, 0.5) is 22.7 Å². The molecule has 4 aliphatic heterocycles. The van der Waals surface area contributed by atoms with Gasteiger partial charge in [0.05, 0.1) is 24.6 Å². The Morgan fingerprint density at radius 2 is 1.10 bits per heavy atom. The highest BCUT2D eigenvalue weighted by Crippen LogP contribution is 2.49. The zero-order valence-corrected chi connectivity index (χ0v) is 59.9. The molecule has 6 atom stereocenters. The number of nitrogens with zero attached hydrogens (tertiary/aromatic N) is 12. The Balaban J connectivity index is 0.789. The van der Waals surface area contributed by atoms with Crippen LogP contribution in [0.1, 0.15) is 208 Å². The number of hydrogen-bond donors (Lipinski definition) is 0. The molecule has 6 unspecified atom stereocenters. The van der Waals surface area contributed by atoms with E-state index in [1.165, 1.54) is 22.5 Å². The first kappa shape index (κ1) is 68.4. The lowest BCUT2D eigenvalue weighted by atomic mass is 9.75. The number of aldehydes is 1. The van der Waals surface area contributed by atoms with Crippen LogP contribution in [-0.2, 0) is 19.3 Å². The molecule has 2 saturated carbocycles. The maximum atomic E-state index is 14.6. The molecule has 0 bridgehead atoms. The number of rotatable bonds is 18. The Labute approximate surface area is 572 Å². The van der Waals surface area contributed by atoms with Gasteiger partial charge in [0.25, 0.3) is 0 Å². The number of aliphatic imine (C=N–C) groups is 2. The van der Waals surface area contributed by atoms with Crippen molar-refractivity contribution < 1.29 is 28.8 Å². The van der Waals surface area contributed by atoms with Crippen LogP contribution in [-0.4, -0.2) is 104 Å². The van der Waals surface area contributed by atoms with Gasteiger partial charge in [-0.05, 0) is 242 Å². The average molecular weight is 1310 g/mol. The van der Waals surface area contributed by atoms with Crippen molar-refractivity contribution in [2.24, 2.45) is 45.5 Å². The SMILES string of the molecule is COc1ccc(-c2nc3n(n2)C(=Nc2cc4c(cc2C)N(CCCCCN2c5cc(C)c(N=C6C(C#N)=C(COOC7C(C)CC(C)CC7C)c7nc(-c8ccc(C=O)c(C)c8)nn76)cc5C(C)CC2(C)C)C(C)(C)CC4C)C(C#N)=C3C(=O)OC2C(C)CC(C)CC2C)cc1C. The van der Waals surface area contributed by atoms with Crippen molar-refractivity contribution in [1.29, 1.82) is 10.5 Å². The number of aryl methyl sites for hydroxylation is 4. The summed E-state index contributed by atoms with van der Waals surface area (Å²) in [5.41, 5.74) is 12.8. The van der Waals surface area contributed by atoms with Crippen molar-refractivity contribution in [3.63, 3.8) is 0 Å². The minimum absolute atomic E-state index is 0.00857. The predicted octanol–water partition coefficient (Wildman–Crippen LogP) is 16.7. The fourth-order valence-electron chi connectivity index (χ4n) is 17.4. The van der Waals surface area contributed by atoms with Gasteiger partial charge < -0.3 is 19.3 Å². The Bertz CT molecular complexity index is 4300. The lowest BCUT2D eigenvalue weighted by Crippen LogP contribution is -2.49. The number of esters is 1. The molecule has 97 heavy (non-hydrogen) atoms. The third-order valence-corrected chi connectivity index (χ3v) is 21.9. The highest BCUT2D eigenvalue weighted by atomic mass is 17.2. The molecule has 0 N–H and O–H groups in total. The van der Waals surface area contributed by atoms with E-state index in [1.54, 1.807) is 22.5 Å². The number of unbranched alkanes of at least 4 members (excludes halogenated alkanes) is 2. The van der Waals surface area contributed by atoms with Crippen LogP contribution in [0.15, 0.2) is 81.8 Å². The lowest BCUT2D eigenvalue weighted by molar-refractivity contribution is -0.338. The summed E-state index contributed by atoms with van der Waals surface area (Å²) >= 11 is 0. The van der Waals surface area contributed by atoms with Gasteiger partial charge in [-0.1, -0.05) is 67.5 Å². The minimum atomic E-state index is -0.584. The number of carbonyl (C=O) groups is 2. The number of benzene rings is 4. The Hall–Kier alpha value is -8.58. The van der Waals surface area contributed by atoms with Gasteiger partial charge in [-0.2, -0.15) is 19.9 Å². The van der Waals surface area contributed by atoms with Crippen LogP contribution in [0.25, 0.3) is 33.9 Å². The zero-order chi connectivity index (χ0) is 69.3. The summed E-state index contributed by atoms with van der Waals surface area (Å²) < 4.78 is 15.2. The molecule has 18 heteroatoms. The van der Waals surface area contributed by atoms with Gasteiger partial charge in [0.1, 0.15) is 53.6 Å². The molecule has 0 saturated heterocycles. The second-order valence-corrected chi connectivity index (χ2v) is 30.8. The number of ether oxygens (including phenoxy) is 2. The predicted molar refractivity (Wildman–Crippen MR) is 382 cm³/mol. The fourth-order valence-corrected chi connectivity index (χ4v) is 17.4. The van der Waals surface area contributed by atoms with E-state index in [2.05, 4.69) is 143 Å². The number of aromatic nitrogens is 6. The molecule has 2 aliphatic carbocycles. The van der Waals surface area contributed by atoms with E-state index in [1.807, 2.05) is 44.2 Å². The normalized spacial score (nSPS) is 25.6. The maximum Gasteiger partial charge on any atom is 0.343 e. The van der Waals surface area contributed by atoms with Gasteiger partial charge in [-0.25, -0.2) is 34.5 Å². The lowest BCUT2D eigenvalue weighted by Gasteiger charge is -2.48. The number of allylic oxidation sites excluding steroid dienone is 2. The zero-order valence-electron chi connectivity index (χ0n) is 59.9. The smallest absolute Gasteiger partial charge is 0.343 e. The van der Waals surface area contributed by atoms with Crippen molar-refractivity contribution in [2.45, 2.75) is 204 Å². The first-order valence-electron chi connectivity index (χ1n) is 35.2. The largest absolute Gasteiger partial charge is 0.496 e. The Morgan fingerprint density at radius 1 is 0.619 bits per heavy atom. The number of carbonyl (C=O) groups excluding carboxylic acids is 2. The molecule has 6 heterocycles. The maximum absolute atomic E-state index is 14.6. The van der Waals surface area contributed by atoms with E-state index < -0.39 is 5.97 Å². The van der Waals surface area contributed by atoms with Gasteiger partial charge in [0.15, 0.2) is 35.0 Å². The summed E-state index contributed by atoms with van der Waals surface area (Å²) in [5.74, 6) is 4.91. The second kappa shape index (κ2) is 27.0. The standard InChI is InChI=1S/C79H96N12O6/c1-43-27-49(7)69(50(8)28-43)96-77(93)68-61(40-81)74(91-76(68)85-72(87-91)56-23-24-67(94-17)48(6)32-56)83-64-36-59-54(12)38-79(15,16)89(66(59)34-47(64)5)26-20-18-19-25-88-65-33-46(4)63(35-58(65)53(11)37-78(88,13)14)82-73-60(39-80)62(42-95-97-70-51(9)29-44(2)30-52(70)10)75-84-71(86-90(73)75)55-21-22-57(41-92)45(3)31-55/h21-24,31-36,41,43-44,49-54,69-70H,18-20,25-30,37-38,42H2,1-17H3. The molecule has 18 nitrogen and oxygen atoms in total. The van der Waals surface area contributed by atoms with Crippen LogP contribution in [0, 0.1) is 85.9 Å². The van der Waals surface area contributed by atoms with Crippen molar-refractivity contribution >= 4 is 57.8 Å². The van der Waals surface area contributed by atoms with Crippen LogP contribution in [0.3, 0.4) is 0 Å². The quantitative estimate of drug-likeness (QED) is 0.0258. The molecule has 0 amide bonds. The summed E-state index contributed by atoms with van der Waals surface area (Å²) in [6.45, 7) is 37.0. The minimum Gasteiger partial charge on any atom is -0.496 e. The highest BCUT2D eigenvalue weighted by molar-refractivity contribution is 6.30. The van der Waals surface area contributed by atoms with E-state index in [9.17, 15) is 20.1 Å². The summed E-state index contributed by atoms with van der Waals surface area (Å²) in [5, 5.41) is 32.0. The Kier molecular flexibility index (Phi) is 19.0. The van der Waals surface area contributed by atoms with E-state index in [-0.39, 0.29) is 76.4 Å². The van der Waals surface area contributed by atoms with Crippen molar-refractivity contribution in [1.82, 2.24) is 29.5 Å². The van der Waals surface area contributed by atoms with E-state index in [4.69, 9.17) is 49.4 Å². The molecular formula is C79H96N12O6. The molecule has 12 rings (SSSR count). The van der Waals surface area contributed by atoms with Crippen molar-refractivity contribution in [3.8, 4) is 40.7 Å². The summed E-state index contributed by atoms with van der Waals surface area (Å²) in [7, 11) is 1.64. The topological polar surface area (TPSA) is 211 Å². The monoisotopic (exact) mass is 1310 g/mol. The van der Waals surface area contributed by atoms with Gasteiger partial charge >= 0.3 is 5.97 Å². The average Bonchev–Trinajstić information content (AvgIpc) is 1.75. The van der Waals surface area contributed by atoms with E-state index >= 15 is 0 Å². The molecule has 4 aromatic carbocycles. The van der Waals surface area contributed by atoms with Gasteiger partial charge in [-0.15, -0.1) is 10.2 Å². The van der Waals surface area contributed by atoms with Gasteiger partial charge in [0, 0.05) is 57.8 Å². The van der Waals surface area contributed by atoms with Gasteiger partial charge in [0.2, 0.25) is 0 Å². The fraction of sp³-hybridized carbons (Fsp3) is 0.519. The van der Waals surface area contributed by atoms with Crippen LogP contribution in [0.5, 0.6) is 5.75 Å². The molecule has 0 spiro atoms. The summed E-state index contributed by atoms with van der Waals surface area (Å²) in [4.78, 5) is 64.5. The second-order valence-electron chi connectivity index (χ2n) is 30.8. The number of fused-ring (bicyclic) bond motifs is 4. The molecule has 0 radical (unpaired) electrons. The number of methoxy groups -OCH3 is 1. The number of hydrogen-bond acceptors (Lipinski definition) is 16. The molecular weight excluding hydrogens is 1210 g/mol.